The second-order valence-corrected chi connectivity index (χ2v) is 10.9. The number of thiazole rings is 1. The fraction of sp³-hybridized carbons (Fsp3) is 0.429. The first-order chi connectivity index (χ1) is 17.1. The summed E-state index contributed by atoms with van der Waals surface area (Å²) in [6.07, 6.45) is 3.09. The number of esters is 1. The Balaban J connectivity index is 1.20. The smallest absolute Gasteiger partial charge is 0.313 e. The zero-order valence-corrected chi connectivity index (χ0v) is 21.1. The van der Waals surface area contributed by atoms with Crippen LogP contribution < -0.4 is 15.0 Å². The maximum atomic E-state index is 12.3. The highest BCUT2D eigenvalue weighted by atomic mass is 32.1. The Labute approximate surface area is 210 Å². The Morgan fingerprint density at radius 3 is 2.91 bits per heavy atom. The first-order valence-electron chi connectivity index (χ1n) is 12.4. The fourth-order valence-electron chi connectivity index (χ4n) is 5.63. The molecule has 2 fully saturated rings. The number of hydrogen-bond donors (Lipinski definition) is 1. The molecule has 6 nitrogen and oxygen atoms in total. The number of aryl methyl sites for hydroxylation is 1. The quantitative estimate of drug-likeness (QED) is 0.519. The van der Waals surface area contributed by atoms with Crippen molar-refractivity contribution in [1.82, 2.24) is 10.3 Å². The van der Waals surface area contributed by atoms with Crippen LogP contribution in [0.1, 0.15) is 28.7 Å². The standard InChI is InChI=1S/C28H31N3O3S/c1-18-3-6-25(34-15-19-4-5-20-7-9-29-10-8-21(20)12-19)23(11-18)24-16-35-27(30-24)31-14-22-13-28(22,17-31)26(32)33-2/h3-6,11-12,16,22,29H,7-10,13-15,17H2,1-2H3/t22-,28-/m0/s1. The summed E-state index contributed by atoms with van der Waals surface area (Å²) in [7, 11) is 1.48. The number of benzene rings is 2. The van der Waals surface area contributed by atoms with Gasteiger partial charge in [-0.3, -0.25) is 4.79 Å². The molecule has 0 unspecified atom stereocenters. The molecule has 3 aliphatic rings. The minimum Gasteiger partial charge on any atom is -0.488 e. The van der Waals surface area contributed by atoms with Gasteiger partial charge in [-0.25, -0.2) is 4.98 Å². The number of hydrogen-bond acceptors (Lipinski definition) is 7. The van der Waals surface area contributed by atoms with Crippen molar-refractivity contribution in [2.45, 2.75) is 32.8 Å². The summed E-state index contributed by atoms with van der Waals surface area (Å²) in [4.78, 5) is 19.5. The zero-order chi connectivity index (χ0) is 24.0. The second-order valence-electron chi connectivity index (χ2n) is 10.1. The number of ether oxygens (including phenoxy) is 2. The maximum Gasteiger partial charge on any atom is 0.313 e. The van der Waals surface area contributed by atoms with E-state index in [-0.39, 0.29) is 11.4 Å². The van der Waals surface area contributed by atoms with E-state index in [1.54, 1.807) is 11.3 Å². The topological polar surface area (TPSA) is 63.7 Å². The minimum atomic E-state index is -0.317. The number of carbonyl (C=O) groups is 1. The molecule has 1 aliphatic carbocycles. The molecule has 35 heavy (non-hydrogen) atoms. The van der Waals surface area contributed by atoms with E-state index in [9.17, 15) is 4.79 Å². The van der Waals surface area contributed by atoms with Crippen molar-refractivity contribution in [2.24, 2.45) is 11.3 Å². The highest BCUT2D eigenvalue weighted by Crippen LogP contribution is 2.59. The molecule has 1 N–H and O–H groups in total. The van der Waals surface area contributed by atoms with Crippen LogP contribution in [0.2, 0.25) is 0 Å². The van der Waals surface area contributed by atoms with Crippen molar-refractivity contribution in [2.75, 3.05) is 38.2 Å². The summed E-state index contributed by atoms with van der Waals surface area (Å²) in [6, 6.07) is 13.0. The summed E-state index contributed by atoms with van der Waals surface area (Å²) in [5, 5.41) is 6.54. The molecule has 182 valence electrons. The Hall–Kier alpha value is -2.90. The van der Waals surface area contributed by atoms with Crippen molar-refractivity contribution >= 4 is 22.4 Å². The van der Waals surface area contributed by atoms with Gasteiger partial charge >= 0.3 is 5.97 Å². The largest absolute Gasteiger partial charge is 0.488 e. The van der Waals surface area contributed by atoms with Crippen LogP contribution in [0.25, 0.3) is 11.3 Å². The van der Waals surface area contributed by atoms with Crippen LogP contribution in [0.5, 0.6) is 5.75 Å². The molecule has 0 spiro atoms. The van der Waals surface area contributed by atoms with E-state index in [2.05, 4.69) is 52.9 Å². The van der Waals surface area contributed by atoms with Gasteiger partial charge in [-0.15, -0.1) is 11.3 Å². The number of carbonyl (C=O) groups excluding carboxylic acids is 1. The number of methoxy groups -OCH3 is 1. The van der Waals surface area contributed by atoms with Gasteiger partial charge in [-0.2, -0.15) is 0 Å². The third-order valence-electron chi connectivity index (χ3n) is 7.72. The first kappa shape index (κ1) is 22.6. The Kier molecular flexibility index (Phi) is 5.77. The van der Waals surface area contributed by atoms with Gasteiger partial charge in [0.1, 0.15) is 12.4 Å². The number of nitrogens with zero attached hydrogens (tertiary/aromatic N) is 2. The Morgan fingerprint density at radius 1 is 1.20 bits per heavy atom. The number of nitrogens with one attached hydrogen (secondary N) is 1. The molecule has 3 aromatic rings. The number of piperidine rings is 1. The van der Waals surface area contributed by atoms with Crippen LogP contribution in [0, 0.1) is 18.3 Å². The molecule has 2 atom stereocenters. The molecule has 3 heterocycles. The highest BCUT2D eigenvalue weighted by molar-refractivity contribution is 7.14. The second kappa shape index (κ2) is 8.95. The van der Waals surface area contributed by atoms with E-state index in [4.69, 9.17) is 14.5 Å². The minimum absolute atomic E-state index is 0.0785. The van der Waals surface area contributed by atoms with Crippen LogP contribution in [0.4, 0.5) is 5.13 Å². The van der Waals surface area contributed by atoms with Crippen molar-refractivity contribution in [3.8, 4) is 17.0 Å². The molecule has 7 heteroatoms. The molecule has 6 rings (SSSR count). The summed E-state index contributed by atoms with van der Waals surface area (Å²) < 4.78 is 11.4. The Morgan fingerprint density at radius 2 is 2.06 bits per heavy atom. The Bertz CT molecular complexity index is 1270. The van der Waals surface area contributed by atoms with E-state index in [1.807, 2.05) is 6.07 Å². The van der Waals surface area contributed by atoms with Crippen LogP contribution in [0.15, 0.2) is 41.8 Å². The lowest BCUT2D eigenvalue weighted by molar-refractivity contribution is -0.146. The lowest BCUT2D eigenvalue weighted by Crippen LogP contribution is -2.29. The number of anilines is 1. The van der Waals surface area contributed by atoms with Gasteiger partial charge in [0.05, 0.1) is 18.2 Å². The molecule has 0 amide bonds. The third kappa shape index (κ3) is 4.21. The SMILES string of the molecule is COC(=O)[C@]12C[C@H]1CN(c1nc(-c3cc(C)ccc3OCc3ccc4c(c3)CCNCC4)cs1)C2. The average molecular weight is 490 g/mol. The zero-order valence-electron chi connectivity index (χ0n) is 20.3. The van der Waals surface area contributed by atoms with Gasteiger partial charge in [0.15, 0.2) is 5.13 Å². The van der Waals surface area contributed by atoms with Crippen molar-refractivity contribution in [3.05, 3.63) is 64.0 Å². The van der Waals surface area contributed by atoms with E-state index in [1.165, 1.54) is 29.4 Å². The van der Waals surface area contributed by atoms with E-state index >= 15 is 0 Å². The van der Waals surface area contributed by atoms with Crippen LogP contribution >= 0.6 is 11.3 Å². The molecule has 1 saturated heterocycles. The summed E-state index contributed by atoms with van der Waals surface area (Å²) in [5.74, 6) is 1.15. The lowest BCUT2D eigenvalue weighted by Gasteiger charge is -2.18. The third-order valence-corrected chi connectivity index (χ3v) is 8.62. The van der Waals surface area contributed by atoms with E-state index in [0.29, 0.717) is 19.1 Å². The molecule has 2 aliphatic heterocycles. The highest BCUT2D eigenvalue weighted by Gasteiger charge is 2.66. The van der Waals surface area contributed by atoms with Gasteiger partial charge in [0.2, 0.25) is 0 Å². The van der Waals surface area contributed by atoms with Gasteiger partial charge in [0, 0.05) is 24.0 Å². The predicted octanol–water partition coefficient (Wildman–Crippen LogP) is 4.39. The van der Waals surface area contributed by atoms with Crippen LogP contribution in [-0.4, -0.2) is 44.2 Å². The first-order valence-corrected chi connectivity index (χ1v) is 13.3. The van der Waals surface area contributed by atoms with Crippen molar-refractivity contribution in [1.29, 1.82) is 0 Å². The maximum absolute atomic E-state index is 12.3. The molecule has 1 saturated carbocycles. The van der Waals surface area contributed by atoms with Crippen LogP contribution in [-0.2, 0) is 29.0 Å². The summed E-state index contributed by atoms with van der Waals surface area (Å²) in [5.41, 5.74) is 6.85. The van der Waals surface area contributed by atoms with Crippen LogP contribution in [0.3, 0.4) is 0 Å². The van der Waals surface area contributed by atoms with E-state index < -0.39 is 0 Å². The van der Waals surface area contributed by atoms with Gasteiger partial charge < -0.3 is 19.7 Å². The number of rotatable bonds is 6. The van der Waals surface area contributed by atoms with Gasteiger partial charge in [-0.05, 0) is 74.0 Å². The summed E-state index contributed by atoms with van der Waals surface area (Å²) in [6.45, 7) is 6.27. The molecule has 0 radical (unpaired) electrons. The molecule has 2 aromatic carbocycles. The fourth-order valence-corrected chi connectivity index (χ4v) is 6.47. The normalized spacial score (nSPS) is 22.8. The van der Waals surface area contributed by atoms with Gasteiger partial charge in [-0.1, -0.05) is 29.8 Å². The lowest BCUT2D eigenvalue weighted by atomic mass is 10.0. The number of fused-ring (bicyclic) bond motifs is 2. The monoisotopic (exact) mass is 489 g/mol. The molecular weight excluding hydrogens is 458 g/mol. The average Bonchev–Trinajstić information content (AvgIpc) is 3.23. The molecule has 1 aromatic heterocycles. The number of aromatic nitrogens is 1. The van der Waals surface area contributed by atoms with Gasteiger partial charge in [0.25, 0.3) is 0 Å². The van der Waals surface area contributed by atoms with Crippen molar-refractivity contribution in [3.63, 3.8) is 0 Å². The predicted molar refractivity (Wildman–Crippen MR) is 138 cm³/mol. The van der Waals surface area contributed by atoms with E-state index in [0.717, 1.165) is 61.0 Å². The summed E-state index contributed by atoms with van der Waals surface area (Å²) >= 11 is 1.63. The van der Waals surface area contributed by atoms with Crippen molar-refractivity contribution < 1.29 is 14.3 Å². The molecule has 0 bridgehead atoms. The molecular formula is C28H31N3O3S.